The zero-order valence-corrected chi connectivity index (χ0v) is 66.0. The SMILES string of the molecule is CCCCCCCCCCCCCCCCCC(=O)O[C@H](COC(=O)CCCCCCCCC(C)C)COP(=O)(O)OC[C@H](O)COP(=O)(O)OC[C@@H](COC(=O)CCCCCCCCCCCCCCCCC(C)C)OC(=O)CCCCCCCCCCCCCCCCC(C)C. The first-order chi connectivity index (χ1) is 47.2. The molecule has 0 rings (SSSR count). The Bertz CT molecular complexity index is 1900. The van der Waals surface area contributed by atoms with Gasteiger partial charge in [0.05, 0.1) is 26.4 Å². The van der Waals surface area contributed by atoms with Gasteiger partial charge in [-0.25, -0.2) is 9.13 Å². The first-order valence-electron chi connectivity index (χ1n) is 40.8. The van der Waals surface area contributed by atoms with Gasteiger partial charge < -0.3 is 33.8 Å². The van der Waals surface area contributed by atoms with Crippen LogP contribution in [0.15, 0.2) is 0 Å². The molecule has 17 nitrogen and oxygen atoms in total. The van der Waals surface area contributed by atoms with Gasteiger partial charge in [0.25, 0.3) is 0 Å². The summed E-state index contributed by atoms with van der Waals surface area (Å²) in [5, 5.41) is 10.6. The molecule has 0 fully saturated rings. The van der Waals surface area contributed by atoms with E-state index >= 15 is 0 Å². The lowest BCUT2D eigenvalue weighted by Crippen LogP contribution is -2.30. The molecule has 5 atom stereocenters. The van der Waals surface area contributed by atoms with Gasteiger partial charge in [0.15, 0.2) is 12.2 Å². The Morgan fingerprint density at radius 1 is 0.276 bits per heavy atom. The third-order valence-corrected chi connectivity index (χ3v) is 20.3. The largest absolute Gasteiger partial charge is 0.472 e. The summed E-state index contributed by atoms with van der Waals surface area (Å²) in [5.74, 6) is 0.160. The van der Waals surface area contributed by atoms with Crippen LogP contribution in [0.3, 0.4) is 0 Å². The Kier molecular flexibility index (Phi) is 68.1. The minimum absolute atomic E-state index is 0.107. The maximum absolute atomic E-state index is 13.1. The molecule has 0 saturated heterocycles. The highest BCUT2D eigenvalue weighted by Crippen LogP contribution is 2.45. The average Bonchev–Trinajstić information content (AvgIpc) is 0.926. The number of hydrogen-bond donors (Lipinski definition) is 3. The van der Waals surface area contributed by atoms with Crippen molar-refractivity contribution in [3.63, 3.8) is 0 Å². The van der Waals surface area contributed by atoms with Crippen molar-refractivity contribution < 1.29 is 80.2 Å². The van der Waals surface area contributed by atoms with Crippen LogP contribution in [0.25, 0.3) is 0 Å². The number of unbranched alkanes of at least 4 members (excludes halogenated alkanes) is 45. The third-order valence-electron chi connectivity index (χ3n) is 18.4. The molecular weight excluding hydrogens is 1280 g/mol. The Labute approximate surface area is 600 Å². The molecule has 0 aliphatic carbocycles. The minimum atomic E-state index is -4.96. The Hall–Kier alpha value is -1.94. The van der Waals surface area contributed by atoms with E-state index in [-0.39, 0.29) is 25.7 Å². The smallest absolute Gasteiger partial charge is 0.462 e. The number of aliphatic hydroxyl groups is 1. The summed E-state index contributed by atoms with van der Waals surface area (Å²) in [4.78, 5) is 72.9. The second kappa shape index (κ2) is 69.4. The molecule has 0 aromatic heterocycles. The summed E-state index contributed by atoms with van der Waals surface area (Å²) < 4.78 is 68.6. The number of ether oxygens (including phenoxy) is 4. The van der Waals surface area contributed by atoms with Crippen molar-refractivity contribution in [3.8, 4) is 0 Å². The predicted octanol–water partition coefficient (Wildman–Crippen LogP) is 23.4. The molecule has 0 spiro atoms. The van der Waals surface area contributed by atoms with E-state index in [1.165, 1.54) is 212 Å². The highest BCUT2D eigenvalue weighted by atomic mass is 31.2. The molecule has 0 radical (unpaired) electrons. The fourth-order valence-corrected chi connectivity index (χ4v) is 13.7. The van der Waals surface area contributed by atoms with E-state index in [1.54, 1.807) is 0 Å². The van der Waals surface area contributed by atoms with Crippen LogP contribution in [0, 0.1) is 17.8 Å². The fourth-order valence-electron chi connectivity index (χ4n) is 12.1. The molecule has 0 aromatic rings. The van der Waals surface area contributed by atoms with E-state index in [0.29, 0.717) is 31.6 Å². The van der Waals surface area contributed by atoms with E-state index < -0.39 is 97.5 Å². The van der Waals surface area contributed by atoms with Gasteiger partial charge in [-0.1, -0.05) is 357 Å². The zero-order chi connectivity index (χ0) is 72.3. The highest BCUT2D eigenvalue weighted by Gasteiger charge is 2.30. The van der Waals surface area contributed by atoms with E-state index in [9.17, 15) is 43.2 Å². The lowest BCUT2D eigenvalue weighted by molar-refractivity contribution is -0.161. The zero-order valence-electron chi connectivity index (χ0n) is 64.3. The van der Waals surface area contributed by atoms with Gasteiger partial charge >= 0.3 is 39.5 Å². The molecule has 0 heterocycles. The molecule has 0 amide bonds. The van der Waals surface area contributed by atoms with Crippen LogP contribution in [-0.2, 0) is 65.4 Å². The molecule has 0 bridgehead atoms. The maximum Gasteiger partial charge on any atom is 0.472 e. The Morgan fingerprint density at radius 3 is 0.694 bits per heavy atom. The molecule has 2 unspecified atom stereocenters. The number of rotatable bonds is 77. The number of phosphoric acid groups is 2. The van der Waals surface area contributed by atoms with Crippen molar-refractivity contribution in [2.24, 2.45) is 17.8 Å². The second-order valence-electron chi connectivity index (χ2n) is 29.9. The van der Waals surface area contributed by atoms with Gasteiger partial charge in [0, 0.05) is 25.7 Å². The predicted molar refractivity (Wildman–Crippen MR) is 400 cm³/mol. The van der Waals surface area contributed by atoms with Crippen LogP contribution in [0.4, 0.5) is 0 Å². The molecule has 0 aliphatic heterocycles. The van der Waals surface area contributed by atoms with E-state index in [4.69, 9.17) is 37.0 Å². The number of aliphatic hydroxyl groups excluding tert-OH is 1. The average molecular weight is 1440 g/mol. The van der Waals surface area contributed by atoms with E-state index in [2.05, 4.69) is 48.5 Å². The van der Waals surface area contributed by atoms with Gasteiger partial charge in [-0.2, -0.15) is 0 Å². The molecule has 582 valence electrons. The number of carbonyl (C=O) groups excluding carboxylic acids is 4. The Balaban J connectivity index is 5.23. The number of esters is 4. The van der Waals surface area contributed by atoms with E-state index in [1.807, 2.05) is 0 Å². The quantitative estimate of drug-likeness (QED) is 0.0222. The summed E-state index contributed by atoms with van der Waals surface area (Å²) in [6.07, 6.45) is 57.0. The summed E-state index contributed by atoms with van der Waals surface area (Å²) in [6.45, 7) is 11.9. The van der Waals surface area contributed by atoms with Crippen LogP contribution < -0.4 is 0 Å². The lowest BCUT2D eigenvalue weighted by atomic mass is 10.0. The third kappa shape index (κ3) is 72.4. The van der Waals surface area contributed by atoms with E-state index in [0.717, 1.165) is 108 Å². The van der Waals surface area contributed by atoms with Crippen LogP contribution in [-0.4, -0.2) is 96.7 Å². The molecule has 3 N–H and O–H groups in total. The van der Waals surface area contributed by atoms with Gasteiger partial charge in [-0.3, -0.25) is 37.3 Å². The van der Waals surface area contributed by atoms with Gasteiger partial charge in [0.1, 0.15) is 19.3 Å². The Morgan fingerprint density at radius 2 is 0.469 bits per heavy atom. The van der Waals surface area contributed by atoms with Gasteiger partial charge in [-0.15, -0.1) is 0 Å². The van der Waals surface area contributed by atoms with Crippen molar-refractivity contribution in [1.82, 2.24) is 0 Å². The van der Waals surface area contributed by atoms with Crippen LogP contribution >= 0.6 is 15.6 Å². The minimum Gasteiger partial charge on any atom is -0.462 e. The molecule has 0 aromatic carbocycles. The van der Waals surface area contributed by atoms with Gasteiger partial charge in [-0.05, 0) is 43.4 Å². The summed E-state index contributed by atoms with van der Waals surface area (Å²) in [5.41, 5.74) is 0. The number of phosphoric ester groups is 2. The van der Waals surface area contributed by atoms with Crippen molar-refractivity contribution in [3.05, 3.63) is 0 Å². The standard InChI is InChI=1S/C79H154O17P2/c1-8-9-10-11-12-13-14-15-16-24-29-34-39-48-55-63-79(84)96-75(67-90-77(82)61-54-47-42-41-45-52-59-72(6)7)69-94-98(87,88)92-65-73(80)64-91-97(85,86)93-68-74(95-78(83)62-56-49-40-35-30-25-20-18-22-27-32-37-44-51-58-71(4)5)66-89-76(81)60-53-46-38-33-28-23-19-17-21-26-31-36-43-50-57-70(2)3/h70-75,80H,8-69H2,1-7H3,(H,85,86)(H,87,88)/t73-,74-,75-/m1/s1. The number of hydrogen-bond acceptors (Lipinski definition) is 15. The van der Waals surface area contributed by atoms with Crippen LogP contribution in [0.1, 0.15) is 408 Å². The summed E-state index contributed by atoms with van der Waals surface area (Å²) >= 11 is 0. The monoisotopic (exact) mass is 1440 g/mol. The number of carbonyl (C=O) groups is 4. The molecule has 0 aliphatic rings. The van der Waals surface area contributed by atoms with Crippen molar-refractivity contribution in [2.75, 3.05) is 39.6 Å². The topological polar surface area (TPSA) is 237 Å². The highest BCUT2D eigenvalue weighted by molar-refractivity contribution is 7.47. The van der Waals surface area contributed by atoms with Crippen molar-refractivity contribution in [1.29, 1.82) is 0 Å². The van der Waals surface area contributed by atoms with Crippen LogP contribution in [0.5, 0.6) is 0 Å². The van der Waals surface area contributed by atoms with Crippen LogP contribution in [0.2, 0.25) is 0 Å². The first-order valence-corrected chi connectivity index (χ1v) is 43.8. The summed E-state index contributed by atoms with van der Waals surface area (Å²) in [6, 6.07) is 0. The normalized spacial score (nSPS) is 14.0. The molecule has 0 saturated carbocycles. The molecular formula is C79H154O17P2. The first kappa shape index (κ1) is 96.1. The fraction of sp³-hybridized carbons (Fsp3) is 0.949. The lowest BCUT2D eigenvalue weighted by Gasteiger charge is -2.21. The second-order valence-corrected chi connectivity index (χ2v) is 32.8. The maximum atomic E-state index is 13.1. The van der Waals surface area contributed by atoms with Gasteiger partial charge in [0.2, 0.25) is 0 Å². The molecule has 98 heavy (non-hydrogen) atoms. The molecule has 19 heteroatoms. The van der Waals surface area contributed by atoms with Crippen molar-refractivity contribution in [2.45, 2.75) is 426 Å². The summed E-state index contributed by atoms with van der Waals surface area (Å²) in [7, 11) is -9.92. The van der Waals surface area contributed by atoms with Crippen molar-refractivity contribution >= 4 is 39.5 Å².